The quantitative estimate of drug-likeness (QED) is 0.562. The molecule has 0 radical (unpaired) electrons. The molecular weight excluding hydrogens is 268 g/mol. The summed E-state index contributed by atoms with van der Waals surface area (Å²) < 4.78 is 10.6. The van der Waals surface area contributed by atoms with E-state index in [1.165, 1.54) is 0 Å². The fraction of sp³-hybridized carbons (Fsp3) is 0.667. The third kappa shape index (κ3) is 6.18. The van der Waals surface area contributed by atoms with E-state index in [1.807, 2.05) is 33.2 Å². The van der Waals surface area contributed by atoms with E-state index in [1.54, 1.807) is 13.4 Å². The summed E-state index contributed by atoms with van der Waals surface area (Å²) in [6.45, 7) is 6.19. The monoisotopic (exact) mass is 296 g/mol. The van der Waals surface area contributed by atoms with Crippen LogP contribution >= 0.6 is 0 Å². The Hall–Kier alpha value is -1.53. The van der Waals surface area contributed by atoms with Crippen molar-refractivity contribution in [3.63, 3.8) is 0 Å². The van der Waals surface area contributed by atoms with E-state index in [0.29, 0.717) is 13.2 Å². The summed E-state index contributed by atoms with van der Waals surface area (Å²) in [6, 6.07) is 4.20. The zero-order valence-electron chi connectivity index (χ0n) is 13.7. The van der Waals surface area contributed by atoms with Gasteiger partial charge in [0.05, 0.1) is 25.5 Å². The van der Waals surface area contributed by atoms with Crippen molar-refractivity contribution >= 4 is 5.96 Å². The highest BCUT2D eigenvalue weighted by Gasteiger charge is 2.16. The number of ether oxygens (including phenoxy) is 1. The van der Waals surface area contributed by atoms with Gasteiger partial charge in [0.1, 0.15) is 5.76 Å². The van der Waals surface area contributed by atoms with Gasteiger partial charge in [-0.3, -0.25) is 9.89 Å². The lowest BCUT2D eigenvalue weighted by Crippen LogP contribution is -2.44. The number of methoxy groups -OCH3 is 1. The maximum Gasteiger partial charge on any atom is 0.191 e. The molecule has 6 nitrogen and oxygen atoms in total. The van der Waals surface area contributed by atoms with Crippen LogP contribution in [-0.4, -0.2) is 57.8 Å². The Bertz CT molecular complexity index is 404. The molecule has 120 valence electrons. The summed E-state index contributed by atoms with van der Waals surface area (Å²) in [5.41, 5.74) is 0. The first-order valence-electron chi connectivity index (χ1n) is 7.32. The van der Waals surface area contributed by atoms with E-state index in [4.69, 9.17) is 9.15 Å². The minimum absolute atomic E-state index is 0.119. The molecule has 0 bridgehead atoms. The average Bonchev–Trinajstić information content (AvgIpc) is 2.92. The van der Waals surface area contributed by atoms with Gasteiger partial charge in [-0.25, -0.2) is 0 Å². The van der Waals surface area contributed by atoms with Crippen LogP contribution < -0.4 is 10.6 Å². The Morgan fingerprint density at radius 2 is 2.24 bits per heavy atom. The number of nitrogens with zero attached hydrogens (tertiary/aromatic N) is 2. The van der Waals surface area contributed by atoms with Gasteiger partial charge in [-0.05, 0) is 40.1 Å². The smallest absolute Gasteiger partial charge is 0.191 e. The molecule has 0 aromatic carbocycles. The van der Waals surface area contributed by atoms with Crippen LogP contribution in [-0.2, 0) is 4.74 Å². The third-order valence-corrected chi connectivity index (χ3v) is 3.06. The first-order chi connectivity index (χ1) is 10.1. The molecule has 0 amide bonds. The van der Waals surface area contributed by atoms with Crippen molar-refractivity contribution in [2.45, 2.75) is 25.9 Å². The van der Waals surface area contributed by atoms with Crippen molar-refractivity contribution in [3.8, 4) is 0 Å². The number of guanidine groups is 1. The molecule has 2 N–H and O–H groups in total. The topological polar surface area (TPSA) is 62.0 Å². The lowest BCUT2D eigenvalue weighted by atomic mass is 10.2. The Labute approximate surface area is 127 Å². The number of rotatable bonds is 8. The minimum atomic E-state index is 0.119. The van der Waals surface area contributed by atoms with Gasteiger partial charge in [0.25, 0.3) is 0 Å². The standard InChI is InChI=1S/C15H28N4O2/c1-6-16-15(18-12(2)11-20-5)17-10-13(19(3)4)14-8-7-9-21-14/h7-9,12-13H,6,10-11H2,1-5H3,(H2,16,17,18). The zero-order valence-corrected chi connectivity index (χ0v) is 13.7. The lowest BCUT2D eigenvalue weighted by molar-refractivity contribution is 0.179. The average molecular weight is 296 g/mol. The maximum atomic E-state index is 5.50. The summed E-state index contributed by atoms with van der Waals surface area (Å²) >= 11 is 0. The van der Waals surface area contributed by atoms with Crippen LogP contribution in [0.15, 0.2) is 27.8 Å². The normalized spacial score (nSPS) is 15.0. The van der Waals surface area contributed by atoms with Gasteiger partial charge < -0.3 is 19.8 Å². The van der Waals surface area contributed by atoms with Crippen molar-refractivity contribution in [1.82, 2.24) is 15.5 Å². The highest BCUT2D eigenvalue weighted by Crippen LogP contribution is 2.18. The van der Waals surface area contributed by atoms with Gasteiger partial charge in [-0.2, -0.15) is 0 Å². The molecule has 2 atom stereocenters. The zero-order chi connectivity index (χ0) is 15.7. The van der Waals surface area contributed by atoms with Crippen molar-refractivity contribution < 1.29 is 9.15 Å². The molecule has 0 fully saturated rings. The molecule has 1 heterocycles. The number of furan rings is 1. The first-order valence-corrected chi connectivity index (χ1v) is 7.32. The molecule has 21 heavy (non-hydrogen) atoms. The molecule has 0 aliphatic heterocycles. The van der Waals surface area contributed by atoms with Crippen LogP contribution in [0.5, 0.6) is 0 Å². The van der Waals surface area contributed by atoms with Gasteiger partial charge in [0, 0.05) is 19.7 Å². The summed E-state index contributed by atoms with van der Waals surface area (Å²) in [5.74, 6) is 1.71. The molecule has 0 aliphatic carbocycles. The lowest BCUT2D eigenvalue weighted by Gasteiger charge is -2.22. The number of nitrogens with one attached hydrogen (secondary N) is 2. The van der Waals surface area contributed by atoms with Crippen molar-refractivity contribution in [2.24, 2.45) is 4.99 Å². The second-order valence-electron chi connectivity index (χ2n) is 5.22. The first kappa shape index (κ1) is 17.5. The fourth-order valence-corrected chi connectivity index (χ4v) is 2.01. The molecule has 0 aliphatic rings. The number of hydrogen-bond donors (Lipinski definition) is 2. The van der Waals surface area contributed by atoms with Crippen LogP contribution in [0.4, 0.5) is 0 Å². The van der Waals surface area contributed by atoms with Crippen LogP contribution in [0.25, 0.3) is 0 Å². The molecule has 6 heteroatoms. The largest absolute Gasteiger partial charge is 0.468 e. The number of hydrogen-bond acceptors (Lipinski definition) is 4. The Balaban J connectivity index is 2.70. The number of likely N-dealkylation sites (N-methyl/N-ethyl adjacent to an activating group) is 1. The maximum absolute atomic E-state index is 5.50. The molecule has 0 spiro atoms. The molecule has 1 rings (SSSR count). The van der Waals surface area contributed by atoms with Gasteiger partial charge in [-0.15, -0.1) is 0 Å². The van der Waals surface area contributed by atoms with E-state index < -0.39 is 0 Å². The molecule has 0 saturated carbocycles. The molecule has 2 unspecified atom stereocenters. The van der Waals surface area contributed by atoms with Crippen molar-refractivity contribution in [2.75, 3.05) is 40.9 Å². The van der Waals surface area contributed by atoms with E-state index in [-0.39, 0.29) is 12.1 Å². The minimum Gasteiger partial charge on any atom is -0.468 e. The summed E-state index contributed by atoms with van der Waals surface area (Å²) in [4.78, 5) is 6.75. The van der Waals surface area contributed by atoms with Crippen LogP contribution in [0.3, 0.4) is 0 Å². The van der Waals surface area contributed by atoms with Crippen LogP contribution in [0.2, 0.25) is 0 Å². The molecule has 1 aromatic heterocycles. The molecule has 1 aromatic rings. The van der Waals surface area contributed by atoms with Gasteiger partial charge in [0.2, 0.25) is 0 Å². The van der Waals surface area contributed by atoms with Gasteiger partial charge in [0.15, 0.2) is 5.96 Å². The van der Waals surface area contributed by atoms with Gasteiger partial charge in [-0.1, -0.05) is 0 Å². The van der Waals surface area contributed by atoms with Gasteiger partial charge >= 0.3 is 0 Å². The molecule has 0 saturated heterocycles. The predicted octanol–water partition coefficient (Wildman–Crippen LogP) is 1.47. The van der Waals surface area contributed by atoms with Crippen molar-refractivity contribution in [3.05, 3.63) is 24.2 Å². The Morgan fingerprint density at radius 3 is 2.76 bits per heavy atom. The van der Waals surface area contributed by atoms with E-state index in [2.05, 4.69) is 27.4 Å². The van der Waals surface area contributed by atoms with Crippen LogP contribution in [0.1, 0.15) is 25.6 Å². The van der Waals surface area contributed by atoms with E-state index in [0.717, 1.165) is 18.3 Å². The summed E-state index contributed by atoms with van der Waals surface area (Å²) in [7, 11) is 5.74. The summed E-state index contributed by atoms with van der Waals surface area (Å²) in [5, 5.41) is 6.57. The Kier molecular flexibility index (Phi) is 7.85. The van der Waals surface area contributed by atoms with E-state index >= 15 is 0 Å². The second kappa shape index (κ2) is 9.41. The second-order valence-corrected chi connectivity index (χ2v) is 5.22. The Morgan fingerprint density at radius 1 is 1.48 bits per heavy atom. The molecular formula is C15H28N4O2. The number of aliphatic imine (C=N–C) groups is 1. The van der Waals surface area contributed by atoms with Crippen LogP contribution in [0, 0.1) is 0 Å². The highest BCUT2D eigenvalue weighted by atomic mass is 16.5. The van der Waals surface area contributed by atoms with E-state index in [9.17, 15) is 0 Å². The highest BCUT2D eigenvalue weighted by molar-refractivity contribution is 5.80. The summed E-state index contributed by atoms with van der Waals surface area (Å²) in [6.07, 6.45) is 1.69. The SMILES string of the molecule is CCNC(=NCC(c1ccco1)N(C)C)NC(C)COC. The predicted molar refractivity (Wildman–Crippen MR) is 85.6 cm³/mol. The fourth-order valence-electron chi connectivity index (χ4n) is 2.01. The third-order valence-electron chi connectivity index (χ3n) is 3.06. The van der Waals surface area contributed by atoms with Crippen molar-refractivity contribution in [1.29, 1.82) is 0 Å².